The summed E-state index contributed by atoms with van der Waals surface area (Å²) in [5.41, 5.74) is 7.89. The van der Waals surface area contributed by atoms with Crippen LogP contribution in [0.4, 0.5) is 0 Å². The minimum atomic E-state index is 0.176. The van der Waals surface area contributed by atoms with Crippen molar-refractivity contribution < 1.29 is 0 Å². The third-order valence-corrected chi connectivity index (χ3v) is 5.22. The summed E-state index contributed by atoms with van der Waals surface area (Å²) in [5, 5.41) is 3.29. The second-order valence-electron chi connectivity index (χ2n) is 5.73. The number of aryl methyl sites for hydroxylation is 1. The van der Waals surface area contributed by atoms with Gasteiger partial charge in [-0.2, -0.15) is 0 Å². The molecule has 1 saturated carbocycles. The molecule has 0 spiro atoms. The van der Waals surface area contributed by atoms with E-state index in [9.17, 15) is 0 Å². The molecule has 0 saturated heterocycles. The van der Waals surface area contributed by atoms with Crippen molar-refractivity contribution in [3.8, 4) is 0 Å². The first-order valence-electron chi connectivity index (χ1n) is 6.88. The number of thiazole rings is 1. The number of hydrogen-bond donors (Lipinski definition) is 1. The molecule has 1 unspecified atom stereocenters. The van der Waals surface area contributed by atoms with Crippen LogP contribution in [0.5, 0.6) is 0 Å². The van der Waals surface area contributed by atoms with E-state index in [4.69, 9.17) is 5.73 Å². The van der Waals surface area contributed by atoms with Gasteiger partial charge in [-0.05, 0) is 33.9 Å². The predicted octanol–water partition coefficient (Wildman–Crippen LogP) is 2.59. The highest BCUT2D eigenvalue weighted by Crippen LogP contribution is 2.35. The molecule has 1 fully saturated rings. The van der Waals surface area contributed by atoms with Crippen LogP contribution in [-0.2, 0) is 6.42 Å². The summed E-state index contributed by atoms with van der Waals surface area (Å²) in [4.78, 5) is 6.91. The van der Waals surface area contributed by atoms with Crippen LogP contribution in [0, 0.1) is 6.92 Å². The number of nitrogens with two attached hydrogens (primary N) is 1. The first kappa shape index (κ1) is 14.0. The highest BCUT2D eigenvalue weighted by molar-refractivity contribution is 7.09. The van der Waals surface area contributed by atoms with E-state index in [1.54, 1.807) is 11.3 Å². The van der Waals surface area contributed by atoms with E-state index in [2.05, 4.69) is 36.3 Å². The maximum Gasteiger partial charge on any atom is 0.0897 e. The normalized spacial score (nSPS) is 21.2. The number of nitrogens with zero attached hydrogens (tertiary/aromatic N) is 2. The van der Waals surface area contributed by atoms with E-state index < -0.39 is 0 Å². The molecule has 0 aromatic carbocycles. The fraction of sp³-hybridized carbons (Fsp3) is 0.786. The lowest BCUT2D eigenvalue weighted by Gasteiger charge is -2.47. The van der Waals surface area contributed by atoms with Crippen molar-refractivity contribution in [3.63, 3.8) is 0 Å². The molecule has 2 N–H and O–H groups in total. The highest BCUT2D eigenvalue weighted by atomic mass is 32.1. The van der Waals surface area contributed by atoms with Gasteiger partial charge in [-0.3, -0.25) is 0 Å². The summed E-state index contributed by atoms with van der Waals surface area (Å²) in [6, 6.07) is 0.189. The molecule has 0 amide bonds. The van der Waals surface area contributed by atoms with Gasteiger partial charge in [-0.1, -0.05) is 19.3 Å². The van der Waals surface area contributed by atoms with Crippen molar-refractivity contribution in [3.05, 3.63) is 16.1 Å². The van der Waals surface area contributed by atoms with Crippen LogP contribution in [0.15, 0.2) is 5.38 Å². The van der Waals surface area contributed by atoms with E-state index in [0.29, 0.717) is 0 Å². The summed E-state index contributed by atoms with van der Waals surface area (Å²) < 4.78 is 0. The van der Waals surface area contributed by atoms with Crippen LogP contribution in [0.2, 0.25) is 0 Å². The molecule has 0 radical (unpaired) electrons. The topological polar surface area (TPSA) is 42.1 Å². The van der Waals surface area contributed by atoms with Crippen molar-refractivity contribution >= 4 is 11.3 Å². The monoisotopic (exact) mass is 267 g/mol. The first-order chi connectivity index (χ1) is 8.54. The Bertz CT molecular complexity index is 380. The van der Waals surface area contributed by atoms with E-state index in [1.165, 1.54) is 32.1 Å². The lowest BCUT2D eigenvalue weighted by Crippen LogP contribution is -2.59. The molecule has 1 aromatic heterocycles. The SMILES string of the molecule is Cc1nc(CC(N)C2(N(C)C)CCCCC2)cs1. The third-order valence-electron chi connectivity index (χ3n) is 4.40. The van der Waals surface area contributed by atoms with Gasteiger partial charge in [0.25, 0.3) is 0 Å². The molecule has 1 heterocycles. The second-order valence-corrected chi connectivity index (χ2v) is 6.79. The largest absolute Gasteiger partial charge is 0.326 e. The van der Waals surface area contributed by atoms with Gasteiger partial charge < -0.3 is 10.6 Å². The molecule has 2 rings (SSSR count). The summed E-state index contributed by atoms with van der Waals surface area (Å²) in [5.74, 6) is 0. The molecule has 3 nitrogen and oxygen atoms in total. The van der Waals surface area contributed by atoms with Gasteiger partial charge in [-0.15, -0.1) is 11.3 Å². The Labute approximate surface area is 114 Å². The highest BCUT2D eigenvalue weighted by Gasteiger charge is 2.39. The minimum absolute atomic E-state index is 0.176. The van der Waals surface area contributed by atoms with Crippen molar-refractivity contribution in [1.29, 1.82) is 0 Å². The smallest absolute Gasteiger partial charge is 0.0897 e. The minimum Gasteiger partial charge on any atom is -0.326 e. The molecule has 0 bridgehead atoms. The first-order valence-corrected chi connectivity index (χ1v) is 7.76. The van der Waals surface area contributed by atoms with E-state index in [-0.39, 0.29) is 11.6 Å². The maximum absolute atomic E-state index is 6.55. The number of rotatable bonds is 4. The molecule has 1 aromatic rings. The Morgan fingerprint density at radius 3 is 2.56 bits per heavy atom. The Morgan fingerprint density at radius 1 is 1.39 bits per heavy atom. The molecule has 0 aliphatic heterocycles. The van der Waals surface area contributed by atoms with Crippen molar-refractivity contribution in [1.82, 2.24) is 9.88 Å². The van der Waals surface area contributed by atoms with E-state index >= 15 is 0 Å². The average Bonchev–Trinajstić information content (AvgIpc) is 2.75. The van der Waals surface area contributed by atoms with Crippen molar-refractivity contribution in [2.24, 2.45) is 5.73 Å². The van der Waals surface area contributed by atoms with E-state index in [0.717, 1.165) is 17.1 Å². The zero-order chi connectivity index (χ0) is 13.2. The van der Waals surface area contributed by atoms with Crippen LogP contribution >= 0.6 is 11.3 Å². The molecule has 1 atom stereocenters. The average molecular weight is 267 g/mol. The van der Waals surface area contributed by atoms with Gasteiger partial charge in [0.15, 0.2) is 0 Å². The number of likely N-dealkylation sites (N-methyl/N-ethyl adjacent to an activating group) is 1. The third kappa shape index (κ3) is 2.76. The van der Waals surface area contributed by atoms with E-state index in [1.807, 2.05) is 0 Å². The van der Waals surface area contributed by atoms with Gasteiger partial charge in [0.2, 0.25) is 0 Å². The van der Waals surface area contributed by atoms with Crippen LogP contribution in [0.1, 0.15) is 42.8 Å². The van der Waals surface area contributed by atoms with Crippen molar-refractivity contribution in [2.75, 3.05) is 14.1 Å². The quantitative estimate of drug-likeness (QED) is 0.911. The van der Waals surface area contributed by atoms with Crippen molar-refractivity contribution in [2.45, 2.75) is 57.0 Å². The van der Waals surface area contributed by atoms with Gasteiger partial charge in [0.05, 0.1) is 10.7 Å². The van der Waals surface area contributed by atoms with Crippen LogP contribution < -0.4 is 5.73 Å². The van der Waals surface area contributed by atoms with Gasteiger partial charge in [0.1, 0.15) is 0 Å². The Balaban J connectivity index is 2.10. The number of aromatic nitrogens is 1. The summed E-state index contributed by atoms with van der Waals surface area (Å²) in [6.07, 6.45) is 7.33. The standard InChI is InChI=1S/C14H25N3S/c1-11-16-12(10-18-11)9-13(15)14(17(2)3)7-5-4-6-8-14/h10,13H,4-9,15H2,1-3H3. The molecule has 4 heteroatoms. The fourth-order valence-electron chi connectivity index (χ4n) is 3.23. The summed E-state index contributed by atoms with van der Waals surface area (Å²) in [6.45, 7) is 2.06. The molecule has 1 aliphatic rings. The molecular formula is C14H25N3S. The second kappa shape index (κ2) is 5.68. The molecule has 1 aliphatic carbocycles. The molecule has 18 heavy (non-hydrogen) atoms. The zero-order valence-corrected chi connectivity index (χ0v) is 12.6. The van der Waals surface area contributed by atoms with Crippen LogP contribution in [0.3, 0.4) is 0 Å². The zero-order valence-electron chi connectivity index (χ0n) is 11.8. The van der Waals surface area contributed by atoms with Gasteiger partial charge in [-0.25, -0.2) is 4.98 Å². The Kier molecular flexibility index (Phi) is 4.41. The predicted molar refractivity (Wildman–Crippen MR) is 78.0 cm³/mol. The van der Waals surface area contributed by atoms with Crippen LogP contribution in [-0.4, -0.2) is 35.6 Å². The Hall–Kier alpha value is -0.450. The van der Waals surface area contributed by atoms with Gasteiger partial charge in [0, 0.05) is 23.4 Å². The number of hydrogen-bond acceptors (Lipinski definition) is 4. The molecular weight excluding hydrogens is 242 g/mol. The lowest BCUT2D eigenvalue weighted by molar-refractivity contribution is 0.0713. The summed E-state index contributed by atoms with van der Waals surface area (Å²) >= 11 is 1.72. The lowest BCUT2D eigenvalue weighted by atomic mass is 9.74. The maximum atomic E-state index is 6.55. The molecule has 102 valence electrons. The Morgan fingerprint density at radius 2 is 2.06 bits per heavy atom. The summed E-state index contributed by atoms with van der Waals surface area (Å²) in [7, 11) is 4.36. The van der Waals surface area contributed by atoms with Crippen LogP contribution in [0.25, 0.3) is 0 Å². The van der Waals surface area contributed by atoms with Gasteiger partial charge >= 0.3 is 0 Å². The fourth-order valence-corrected chi connectivity index (χ4v) is 3.86.